The van der Waals surface area contributed by atoms with Crippen molar-refractivity contribution in [1.82, 2.24) is 9.97 Å². The van der Waals surface area contributed by atoms with Crippen LogP contribution in [0.4, 0.5) is 8.78 Å². The van der Waals surface area contributed by atoms with E-state index >= 15 is 0 Å². The number of halogens is 2. The molecular formula is C27H25F2N3O8. The molecule has 40 heavy (non-hydrogen) atoms. The number of methoxy groups -OCH3 is 1. The van der Waals surface area contributed by atoms with Crippen LogP contribution in [0, 0.1) is 0 Å². The number of primary amides is 1. The molecule has 1 aromatic heterocycles. The highest BCUT2D eigenvalue weighted by Gasteiger charge is 2.52. The van der Waals surface area contributed by atoms with Gasteiger partial charge in [-0.2, -0.15) is 0 Å². The van der Waals surface area contributed by atoms with Crippen molar-refractivity contribution >= 4 is 5.91 Å². The molecule has 1 amide bonds. The van der Waals surface area contributed by atoms with Crippen molar-refractivity contribution in [2.75, 3.05) is 20.3 Å². The normalized spacial score (nSPS) is 24.4. The maximum Gasteiger partial charge on any atom is 0.586 e. The average molecular weight is 558 g/mol. The van der Waals surface area contributed by atoms with Crippen molar-refractivity contribution in [1.29, 1.82) is 0 Å². The van der Waals surface area contributed by atoms with Crippen LogP contribution in [0.5, 0.6) is 28.7 Å². The number of carbonyl (C=O) groups is 1. The summed E-state index contributed by atoms with van der Waals surface area (Å²) in [6.45, 7) is 0.964. The van der Waals surface area contributed by atoms with Crippen LogP contribution in [0.15, 0.2) is 36.7 Å². The van der Waals surface area contributed by atoms with Crippen molar-refractivity contribution in [3.8, 4) is 28.7 Å². The molecule has 2 unspecified atom stereocenters. The van der Waals surface area contributed by atoms with Crippen LogP contribution in [0.3, 0.4) is 0 Å². The number of aromatic nitrogens is 2. The maximum absolute atomic E-state index is 14.4. The Morgan fingerprint density at radius 2 is 2.00 bits per heavy atom. The molecule has 210 valence electrons. The first-order valence-electron chi connectivity index (χ1n) is 12.4. The summed E-state index contributed by atoms with van der Waals surface area (Å²) in [4.78, 5) is 21.0. The minimum atomic E-state index is -3.93. The fourth-order valence-electron chi connectivity index (χ4n) is 5.28. The highest BCUT2D eigenvalue weighted by atomic mass is 19.3. The summed E-state index contributed by atoms with van der Waals surface area (Å²) in [5.41, 5.74) is 6.18. The predicted octanol–water partition coefficient (Wildman–Crippen LogP) is 2.62. The third-order valence-electron chi connectivity index (χ3n) is 7.53. The monoisotopic (exact) mass is 557 g/mol. The highest BCUT2D eigenvalue weighted by molar-refractivity contribution is 5.89. The predicted molar refractivity (Wildman–Crippen MR) is 132 cm³/mol. The number of aliphatic hydroxyl groups is 2. The van der Waals surface area contributed by atoms with E-state index in [0.29, 0.717) is 28.3 Å². The molecule has 11 nitrogen and oxygen atoms in total. The number of hydrogen-bond donors (Lipinski definition) is 3. The van der Waals surface area contributed by atoms with E-state index in [0.717, 1.165) is 0 Å². The Morgan fingerprint density at radius 3 is 2.67 bits per heavy atom. The molecule has 0 aliphatic carbocycles. The van der Waals surface area contributed by atoms with Crippen LogP contribution in [0.2, 0.25) is 0 Å². The van der Waals surface area contributed by atoms with Crippen LogP contribution >= 0.6 is 0 Å². The van der Waals surface area contributed by atoms with Crippen LogP contribution < -0.4 is 29.4 Å². The molecule has 3 aliphatic rings. The second kappa shape index (κ2) is 9.17. The molecule has 0 saturated carbocycles. The van der Waals surface area contributed by atoms with Crippen LogP contribution in [-0.4, -0.2) is 52.7 Å². The van der Waals surface area contributed by atoms with Crippen LogP contribution in [0.1, 0.15) is 59.5 Å². The first kappa shape index (κ1) is 26.0. The van der Waals surface area contributed by atoms with Crippen molar-refractivity contribution in [2.45, 2.75) is 43.2 Å². The van der Waals surface area contributed by atoms with E-state index in [-0.39, 0.29) is 41.5 Å². The lowest BCUT2D eigenvalue weighted by atomic mass is 9.78. The number of hydrogen-bond acceptors (Lipinski definition) is 10. The zero-order chi connectivity index (χ0) is 28.4. The molecule has 4 atom stereocenters. The minimum Gasteiger partial charge on any atom is -0.497 e. The fraction of sp³-hybridized carbons (Fsp3) is 0.370. The van der Waals surface area contributed by atoms with Gasteiger partial charge in [0.25, 0.3) is 0 Å². The first-order chi connectivity index (χ1) is 19.0. The molecule has 3 aromatic rings. The summed E-state index contributed by atoms with van der Waals surface area (Å²) in [6, 6.07) is 6.44. The SMILES string of the molecule is COc1ccc2c(c1)O[C@@H](c1cnc(C(O)CO)cn1)C[C@H]2c1c2c(cc3c1OCC3(C)C(N)=O)OC(F)(F)O2. The summed E-state index contributed by atoms with van der Waals surface area (Å²) in [6.07, 6.45) is -2.93. The average Bonchev–Trinajstić information content (AvgIpc) is 3.45. The number of carbonyl (C=O) groups excluding carboxylic acids is 1. The van der Waals surface area contributed by atoms with Crippen LogP contribution in [-0.2, 0) is 10.2 Å². The summed E-state index contributed by atoms with van der Waals surface area (Å²) in [5.74, 6) is -0.679. The van der Waals surface area contributed by atoms with Crippen molar-refractivity contribution in [3.05, 3.63) is 64.7 Å². The van der Waals surface area contributed by atoms with Crippen molar-refractivity contribution in [2.24, 2.45) is 5.73 Å². The molecule has 2 aromatic carbocycles. The molecule has 0 radical (unpaired) electrons. The molecule has 0 saturated heterocycles. The molecule has 3 aliphatic heterocycles. The molecule has 4 N–H and O–H groups in total. The van der Waals surface area contributed by atoms with E-state index in [1.807, 2.05) is 0 Å². The number of nitrogens with zero attached hydrogens (tertiary/aromatic N) is 2. The second-order valence-electron chi connectivity index (χ2n) is 10.0. The lowest BCUT2D eigenvalue weighted by molar-refractivity contribution is -0.287. The van der Waals surface area contributed by atoms with E-state index in [2.05, 4.69) is 9.97 Å². The van der Waals surface area contributed by atoms with Gasteiger partial charge in [0.15, 0.2) is 11.5 Å². The van der Waals surface area contributed by atoms with E-state index in [1.165, 1.54) is 25.6 Å². The van der Waals surface area contributed by atoms with Gasteiger partial charge in [-0.05, 0) is 19.1 Å². The standard InChI is InChI=1S/C27H25F2N3O8/c1-26(25(30)35)11-37-23-15(26)7-21-24(40-27(28,29)39-21)22(23)14-6-20(17-9-31-16(8-32-17)18(34)10-33)38-19-5-12(36-2)3-4-13(14)19/h3-5,7-9,14,18,20,33-34H,6,10-11H2,1-2H3,(H2,30,35)/t14-,18?,20-,26?/m1/s1. The number of benzene rings is 2. The Morgan fingerprint density at radius 1 is 1.20 bits per heavy atom. The Kier molecular flexibility index (Phi) is 5.96. The largest absolute Gasteiger partial charge is 0.586 e. The zero-order valence-electron chi connectivity index (χ0n) is 21.4. The minimum absolute atomic E-state index is 0.0911. The number of aliphatic hydroxyl groups excluding tert-OH is 2. The van der Waals surface area contributed by atoms with E-state index < -0.39 is 42.3 Å². The number of alkyl halides is 2. The van der Waals surface area contributed by atoms with E-state index in [1.54, 1.807) is 25.1 Å². The Hall–Kier alpha value is -4.23. The second-order valence-corrected chi connectivity index (χ2v) is 10.0. The maximum atomic E-state index is 14.4. The Labute approximate surface area is 226 Å². The van der Waals surface area contributed by atoms with Gasteiger partial charge in [-0.1, -0.05) is 6.07 Å². The topological polar surface area (TPSA) is 155 Å². The van der Waals surface area contributed by atoms with Crippen molar-refractivity contribution < 1.29 is 47.5 Å². The highest BCUT2D eigenvalue weighted by Crippen LogP contribution is 2.59. The zero-order valence-corrected chi connectivity index (χ0v) is 21.4. The lowest BCUT2D eigenvalue weighted by Crippen LogP contribution is -2.39. The van der Waals surface area contributed by atoms with Crippen molar-refractivity contribution in [3.63, 3.8) is 0 Å². The summed E-state index contributed by atoms with van der Waals surface area (Å²) < 4.78 is 56.3. The molecule has 6 rings (SSSR count). The quantitative estimate of drug-likeness (QED) is 0.412. The third-order valence-corrected chi connectivity index (χ3v) is 7.53. The fourth-order valence-corrected chi connectivity index (χ4v) is 5.28. The number of ether oxygens (including phenoxy) is 5. The van der Waals surface area contributed by atoms with Gasteiger partial charge in [-0.15, -0.1) is 8.78 Å². The van der Waals surface area contributed by atoms with Gasteiger partial charge < -0.3 is 39.6 Å². The summed E-state index contributed by atoms with van der Waals surface area (Å²) >= 11 is 0. The van der Waals surface area contributed by atoms with E-state index in [9.17, 15) is 23.8 Å². The van der Waals surface area contributed by atoms with Gasteiger partial charge in [0, 0.05) is 35.1 Å². The summed E-state index contributed by atoms with van der Waals surface area (Å²) in [5, 5.41) is 19.1. The first-order valence-corrected chi connectivity index (χ1v) is 12.4. The van der Waals surface area contributed by atoms with Gasteiger partial charge in [0.05, 0.1) is 37.5 Å². The number of rotatable bonds is 6. The molecule has 0 bridgehead atoms. The molecule has 4 heterocycles. The van der Waals surface area contributed by atoms with E-state index in [4.69, 9.17) is 29.4 Å². The van der Waals surface area contributed by atoms with Gasteiger partial charge in [0.1, 0.15) is 41.5 Å². The number of nitrogens with two attached hydrogens (primary N) is 1. The molecular weight excluding hydrogens is 532 g/mol. The summed E-state index contributed by atoms with van der Waals surface area (Å²) in [7, 11) is 1.50. The molecule has 0 fully saturated rings. The number of fused-ring (bicyclic) bond motifs is 3. The van der Waals surface area contributed by atoms with Crippen LogP contribution in [0.25, 0.3) is 0 Å². The third kappa shape index (κ3) is 4.04. The smallest absolute Gasteiger partial charge is 0.497 e. The molecule has 13 heteroatoms. The lowest BCUT2D eigenvalue weighted by Gasteiger charge is -2.33. The Bertz CT molecular complexity index is 1500. The Balaban J connectivity index is 1.52. The molecule has 0 spiro atoms. The van der Waals surface area contributed by atoms with Gasteiger partial charge in [-0.25, -0.2) is 0 Å². The van der Waals surface area contributed by atoms with Gasteiger partial charge >= 0.3 is 6.29 Å². The van der Waals surface area contributed by atoms with Gasteiger partial charge in [0.2, 0.25) is 5.91 Å². The number of amides is 1. The van der Waals surface area contributed by atoms with Gasteiger partial charge in [-0.3, -0.25) is 14.8 Å².